The predicted molar refractivity (Wildman–Crippen MR) is 85.3 cm³/mol. The maximum absolute atomic E-state index is 5.92. The number of halogens is 2. The first-order valence-corrected chi connectivity index (χ1v) is 7.53. The van der Waals surface area contributed by atoms with E-state index >= 15 is 0 Å². The lowest BCUT2D eigenvalue weighted by Gasteiger charge is -2.14. The molecule has 1 heterocycles. The molecule has 1 atom stereocenters. The molecule has 6 heteroatoms. The lowest BCUT2D eigenvalue weighted by molar-refractivity contribution is 0.408. The summed E-state index contributed by atoms with van der Waals surface area (Å²) in [6.45, 7) is 1.89. The van der Waals surface area contributed by atoms with Crippen molar-refractivity contribution in [3.8, 4) is 17.4 Å². The number of nitrogens with two attached hydrogens (primary N) is 1. The van der Waals surface area contributed by atoms with Gasteiger partial charge in [0.15, 0.2) is 0 Å². The molecule has 0 saturated carbocycles. The highest BCUT2D eigenvalue weighted by Crippen LogP contribution is 2.38. The van der Waals surface area contributed by atoms with Gasteiger partial charge >= 0.3 is 0 Å². The van der Waals surface area contributed by atoms with E-state index in [2.05, 4.69) is 36.8 Å². The zero-order valence-corrected chi connectivity index (χ0v) is 14.2. The van der Waals surface area contributed by atoms with Gasteiger partial charge < -0.3 is 15.2 Å². The SMILES string of the molecule is COc1cc(Br)c(Oc2ncccc2[C@@H](C)N)cc1Br. The lowest BCUT2D eigenvalue weighted by atomic mass is 10.1. The van der Waals surface area contributed by atoms with Crippen LogP contribution in [0.25, 0.3) is 0 Å². The third-order valence-corrected chi connectivity index (χ3v) is 3.94. The molecule has 2 N–H and O–H groups in total. The molecule has 2 rings (SSSR count). The van der Waals surface area contributed by atoms with E-state index in [0.717, 1.165) is 20.3 Å². The number of hydrogen-bond acceptors (Lipinski definition) is 4. The summed E-state index contributed by atoms with van der Waals surface area (Å²) >= 11 is 6.89. The summed E-state index contributed by atoms with van der Waals surface area (Å²) in [5.74, 6) is 1.86. The van der Waals surface area contributed by atoms with Gasteiger partial charge in [0.2, 0.25) is 5.88 Å². The van der Waals surface area contributed by atoms with Gasteiger partial charge in [-0.3, -0.25) is 0 Å². The Bertz CT molecular complexity index is 618. The minimum Gasteiger partial charge on any atom is -0.496 e. The number of nitrogens with zero attached hydrogens (tertiary/aromatic N) is 1. The van der Waals surface area contributed by atoms with Gasteiger partial charge in [0.05, 0.1) is 16.1 Å². The Kier molecular flexibility index (Phi) is 5.01. The molecular formula is C14H14Br2N2O2. The average molecular weight is 402 g/mol. The normalized spacial score (nSPS) is 12.1. The second-order valence-corrected chi connectivity index (χ2v) is 5.91. The van der Waals surface area contributed by atoms with Gasteiger partial charge in [0.1, 0.15) is 11.5 Å². The molecule has 0 radical (unpaired) electrons. The fourth-order valence-electron chi connectivity index (χ4n) is 1.68. The van der Waals surface area contributed by atoms with Crippen molar-refractivity contribution in [2.75, 3.05) is 7.11 Å². The quantitative estimate of drug-likeness (QED) is 0.823. The van der Waals surface area contributed by atoms with E-state index in [1.165, 1.54) is 0 Å². The Morgan fingerprint density at radius 2 is 1.85 bits per heavy atom. The Morgan fingerprint density at radius 1 is 1.20 bits per heavy atom. The third-order valence-electron chi connectivity index (χ3n) is 2.70. The molecular weight excluding hydrogens is 388 g/mol. The van der Waals surface area contributed by atoms with Gasteiger partial charge in [-0.2, -0.15) is 0 Å². The number of aromatic nitrogens is 1. The zero-order chi connectivity index (χ0) is 14.7. The van der Waals surface area contributed by atoms with E-state index in [9.17, 15) is 0 Å². The number of ether oxygens (including phenoxy) is 2. The van der Waals surface area contributed by atoms with Crippen LogP contribution < -0.4 is 15.2 Å². The number of benzene rings is 1. The molecule has 0 amide bonds. The van der Waals surface area contributed by atoms with Crippen LogP contribution >= 0.6 is 31.9 Å². The van der Waals surface area contributed by atoms with Crippen LogP contribution in [0, 0.1) is 0 Å². The molecule has 1 aromatic carbocycles. The molecule has 0 unspecified atom stereocenters. The Labute approximate surface area is 134 Å². The fourth-order valence-corrected chi connectivity index (χ4v) is 2.57. The highest BCUT2D eigenvalue weighted by atomic mass is 79.9. The second kappa shape index (κ2) is 6.56. The van der Waals surface area contributed by atoms with Crippen molar-refractivity contribution in [1.82, 2.24) is 4.98 Å². The van der Waals surface area contributed by atoms with Gasteiger partial charge in [0, 0.05) is 17.8 Å². The Hall–Kier alpha value is -1.11. The largest absolute Gasteiger partial charge is 0.496 e. The summed E-state index contributed by atoms with van der Waals surface area (Å²) in [5.41, 5.74) is 6.77. The van der Waals surface area contributed by atoms with E-state index in [1.54, 1.807) is 13.3 Å². The predicted octanol–water partition coefficient (Wildman–Crippen LogP) is 4.43. The third kappa shape index (κ3) is 3.31. The van der Waals surface area contributed by atoms with Crippen molar-refractivity contribution in [2.24, 2.45) is 5.73 Å². The van der Waals surface area contributed by atoms with Crippen molar-refractivity contribution in [2.45, 2.75) is 13.0 Å². The maximum atomic E-state index is 5.92. The van der Waals surface area contributed by atoms with Gasteiger partial charge in [-0.05, 0) is 57.0 Å². The van der Waals surface area contributed by atoms with E-state index in [-0.39, 0.29) is 6.04 Å². The maximum Gasteiger partial charge on any atom is 0.224 e. The highest BCUT2D eigenvalue weighted by molar-refractivity contribution is 9.11. The van der Waals surface area contributed by atoms with Crippen molar-refractivity contribution in [3.63, 3.8) is 0 Å². The van der Waals surface area contributed by atoms with Crippen LogP contribution in [0.15, 0.2) is 39.4 Å². The molecule has 4 nitrogen and oxygen atoms in total. The monoisotopic (exact) mass is 400 g/mol. The molecule has 0 fully saturated rings. The minimum atomic E-state index is -0.154. The molecule has 1 aromatic heterocycles. The molecule has 106 valence electrons. The van der Waals surface area contributed by atoms with Crippen LogP contribution in [-0.4, -0.2) is 12.1 Å². The molecule has 0 saturated heterocycles. The van der Waals surface area contributed by atoms with Gasteiger partial charge in [-0.1, -0.05) is 6.07 Å². The van der Waals surface area contributed by atoms with Crippen molar-refractivity contribution < 1.29 is 9.47 Å². The van der Waals surface area contributed by atoms with Crippen LogP contribution in [0.2, 0.25) is 0 Å². The second-order valence-electron chi connectivity index (χ2n) is 4.21. The van der Waals surface area contributed by atoms with Crippen LogP contribution in [0.3, 0.4) is 0 Å². The molecule has 0 spiro atoms. The first kappa shape index (κ1) is 15.3. The lowest BCUT2D eigenvalue weighted by Crippen LogP contribution is -2.07. The highest BCUT2D eigenvalue weighted by Gasteiger charge is 2.13. The van der Waals surface area contributed by atoms with Crippen molar-refractivity contribution in [3.05, 3.63) is 45.0 Å². The first-order chi connectivity index (χ1) is 9.52. The number of hydrogen-bond donors (Lipinski definition) is 1. The van der Waals surface area contributed by atoms with E-state index in [4.69, 9.17) is 15.2 Å². The average Bonchev–Trinajstić information content (AvgIpc) is 2.42. The number of rotatable bonds is 4. The standard InChI is InChI=1S/C14H14Br2N2O2/c1-8(17)9-4-3-5-18-14(9)20-13-7-10(15)12(19-2)6-11(13)16/h3-8H,17H2,1-2H3/t8-/m1/s1. The van der Waals surface area contributed by atoms with Crippen molar-refractivity contribution >= 4 is 31.9 Å². The molecule has 0 bridgehead atoms. The van der Waals surface area contributed by atoms with E-state index < -0.39 is 0 Å². The van der Waals surface area contributed by atoms with Crippen LogP contribution in [-0.2, 0) is 0 Å². The fraction of sp³-hybridized carbons (Fsp3) is 0.214. The topological polar surface area (TPSA) is 57.4 Å². The summed E-state index contributed by atoms with van der Waals surface area (Å²) in [4.78, 5) is 4.24. The summed E-state index contributed by atoms with van der Waals surface area (Å²) in [6, 6.07) is 7.24. The number of methoxy groups -OCH3 is 1. The van der Waals surface area contributed by atoms with Gasteiger partial charge in [-0.25, -0.2) is 4.98 Å². The molecule has 0 aliphatic heterocycles. The molecule has 0 aliphatic rings. The van der Waals surface area contributed by atoms with Gasteiger partial charge in [-0.15, -0.1) is 0 Å². The zero-order valence-electron chi connectivity index (χ0n) is 11.1. The molecule has 2 aromatic rings. The number of pyridine rings is 1. The molecule has 20 heavy (non-hydrogen) atoms. The smallest absolute Gasteiger partial charge is 0.224 e. The summed E-state index contributed by atoms with van der Waals surface area (Å²) in [7, 11) is 1.61. The first-order valence-electron chi connectivity index (χ1n) is 5.94. The van der Waals surface area contributed by atoms with Crippen molar-refractivity contribution in [1.29, 1.82) is 0 Å². The molecule has 0 aliphatic carbocycles. The minimum absolute atomic E-state index is 0.154. The van der Waals surface area contributed by atoms with Crippen LogP contribution in [0.5, 0.6) is 17.4 Å². The Balaban J connectivity index is 2.38. The van der Waals surface area contributed by atoms with Crippen LogP contribution in [0.1, 0.15) is 18.5 Å². The van der Waals surface area contributed by atoms with E-state index in [0.29, 0.717) is 11.6 Å². The summed E-state index contributed by atoms with van der Waals surface area (Å²) in [5, 5.41) is 0. The summed E-state index contributed by atoms with van der Waals surface area (Å²) < 4.78 is 12.7. The van der Waals surface area contributed by atoms with Crippen LogP contribution in [0.4, 0.5) is 0 Å². The van der Waals surface area contributed by atoms with Gasteiger partial charge in [0.25, 0.3) is 0 Å². The summed E-state index contributed by atoms with van der Waals surface area (Å²) in [6.07, 6.45) is 1.67. The van der Waals surface area contributed by atoms with E-state index in [1.807, 2.05) is 31.2 Å². The Morgan fingerprint density at radius 3 is 2.50 bits per heavy atom.